The van der Waals surface area contributed by atoms with E-state index in [0.717, 1.165) is 41.0 Å². The van der Waals surface area contributed by atoms with Crippen LogP contribution in [0.15, 0.2) is 18.2 Å². The Hall–Kier alpha value is -1.15. The maximum Gasteiger partial charge on any atom is 0.279 e. The average molecular weight is 402 g/mol. The van der Waals surface area contributed by atoms with Crippen LogP contribution in [-0.4, -0.2) is 49.4 Å². The predicted molar refractivity (Wildman–Crippen MR) is 90.3 cm³/mol. The summed E-state index contributed by atoms with van der Waals surface area (Å²) < 4.78 is 1.16. The van der Waals surface area contributed by atoms with Gasteiger partial charge in [-0.1, -0.05) is 0 Å². The number of piperazine rings is 1. The van der Waals surface area contributed by atoms with Gasteiger partial charge < -0.3 is 15.1 Å². The number of quaternary nitrogens is 1. The van der Waals surface area contributed by atoms with E-state index in [9.17, 15) is 9.59 Å². The van der Waals surface area contributed by atoms with Crippen LogP contribution < -0.4 is 10.2 Å². The Morgan fingerprint density at radius 3 is 2.57 bits per heavy atom. The third kappa shape index (κ3) is 4.67. The highest BCUT2D eigenvalue weighted by molar-refractivity contribution is 14.1. The monoisotopic (exact) mass is 402 g/mol. The highest BCUT2D eigenvalue weighted by atomic mass is 127. The van der Waals surface area contributed by atoms with E-state index in [-0.39, 0.29) is 11.8 Å². The second-order valence-corrected chi connectivity index (χ2v) is 6.69. The largest absolute Gasteiger partial charge is 0.332 e. The van der Waals surface area contributed by atoms with E-state index < -0.39 is 0 Å². The SMILES string of the molecule is CC(=O)N1CC[NH+](CC(=O)Nc2ccc(I)cc2C)CC1. The molecule has 1 aliphatic heterocycles. The fourth-order valence-corrected chi connectivity index (χ4v) is 3.15. The van der Waals surface area contributed by atoms with Crippen LogP contribution >= 0.6 is 22.6 Å². The van der Waals surface area contributed by atoms with Crippen molar-refractivity contribution in [2.45, 2.75) is 13.8 Å². The molecule has 0 aromatic heterocycles. The Labute approximate surface area is 138 Å². The zero-order valence-electron chi connectivity index (χ0n) is 12.4. The fraction of sp³-hybridized carbons (Fsp3) is 0.467. The molecule has 5 nitrogen and oxygen atoms in total. The van der Waals surface area contributed by atoms with Gasteiger partial charge in [-0.05, 0) is 53.3 Å². The first kappa shape index (κ1) is 16.2. The van der Waals surface area contributed by atoms with Crippen LogP contribution in [0.2, 0.25) is 0 Å². The number of hydrogen-bond donors (Lipinski definition) is 2. The summed E-state index contributed by atoms with van der Waals surface area (Å²) in [5, 5.41) is 2.98. The summed E-state index contributed by atoms with van der Waals surface area (Å²) in [7, 11) is 0. The van der Waals surface area contributed by atoms with Crippen molar-refractivity contribution in [3.8, 4) is 0 Å². The summed E-state index contributed by atoms with van der Waals surface area (Å²) in [6.45, 7) is 7.18. The van der Waals surface area contributed by atoms with Crippen molar-refractivity contribution in [1.29, 1.82) is 0 Å². The first-order valence-electron chi connectivity index (χ1n) is 7.11. The Morgan fingerprint density at radius 2 is 2.00 bits per heavy atom. The van der Waals surface area contributed by atoms with Gasteiger partial charge in [-0.2, -0.15) is 0 Å². The quantitative estimate of drug-likeness (QED) is 0.715. The van der Waals surface area contributed by atoms with E-state index in [1.54, 1.807) is 6.92 Å². The van der Waals surface area contributed by atoms with Crippen molar-refractivity contribution in [2.24, 2.45) is 0 Å². The maximum absolute atomic E-state index is 12.1. The fourth-order valence-electron chi connectivity index (χ4n) is 2.50. The number of carbonyl (C=O) groups excluding carboxylic acids is 2. The lowest BCUT2D eigenvalue weighted by Crippen LogP contribution is -3.15. The van der Waals surface area contributed by atoms with E-state index in [1.807, 2.05) is 24.0 Å². The van der Waals surface area contributed by atoms with Gasteiger partial charge in [0, 0.05) is 16.2 Å². The van der Waals surface area contributed by atoms with Crippen LogP contribution in [0.4, 0.5) is 5.69 Å². The van der Waals surface area contributed by atoms with Gasteiger partial charge in [-0.15, -0.1) is 0 Å². The van der Waals surface area contributed by atoms with E-state index in [4.69, 9.17) is 0 Å². The van der Waals surface area contributed by atoms with Gasteiger partial charge in [0.1, 0.15) is 0 Å². The molecule has 6 heteroatoms. The lowest BCUT2D eigenvalue weighted by Gasteiger charge is -2.31. The van der Waals surface area contributed by atoms with Crippen LogP contribution in [0.1, 0.15) is 12.5 Å². The molecule has 0 unspecified atom stereocenters. The first-order chi connectivity index (χ1) is 9.95. The Morgan fingerprint density at radius 1 is 1.33 bits per heavy atom. The van der Waals surface area contributed by atoms with Crippen molar-refractivity contribution in [3.05, 3.63) is 27.3 Å². The van der Waals surface area contributed by atoms with Crippen molar-refractivity contribution in [3.63, 3.8) is 0 Å². The van der Waals surface area contributed by atoms with E-state index in [2.05, 4.69) is 34.0 Å². The molecule has 0 spiro atoms. The number of nitrogens with one attached hydrogen (secondary N) is 2. The minimum absolute atomic E-state index is 0.0329. The van der Waals surface area contributed by atoms with Gasteiger partial charge in [0.05, 0.1) is 26.2 Å². The van der Waals surface area contributed by atoms with Crippen LogP contribution in [0, 0.1) is 10.5 Å². The number of amides is 2. The van der Waals surface area contributed by atoms with E-state index in [0.29, 0.717) is 6.54 Å². The first-order valence-corrected chi connectivity index (χ1v) is 8.18. The molecule has 0 radical (unpaired) electrons. The molecule has 0 atom stereocenters. The van der Waals surface area contributed by atoms with Gasteiger partial charge in [-0.3, -0.25) is 9.59 Å². The number of benzene rings is 1. The number of nitrogens with zero attached hydrogens (tertiary/aromatic N) is 1. The summed E-state index contributed by atoms with van der Waals surface area (Å²) in [5.74, 6) is 0.151. The second-order valence-electron chi connectivity index (χ2n) is 5.44. The lowest BCUT2D eigenvalue weighted by molar-refractivity contribution is -0.895. The van der Waals surface area contributed by atoms with Gasteiger partial charge in [-0.25, -0.2) is 0 Å². The summed E-state index contributed by atoms with van der Waals surface area (Å²) in [6, 6.07) is 5.98. The van der Waals surface area contributed by atoms with Crippen molar-refractivity contribution in [1.82, 2.24) is 4.90 Å². The van der Waals surface area contributed by atoms with Crippen LogP contribution in [0.25, 0.3) is 0 Å². The molecule has 1 aromatic carbocycles. The number of hydrogen-bond acceptors (Lipinski definition) is 2. The van der Waals surface area contributed by atoms with E-state index >= 15 is 0 Å². The molecule has 2 N–H and O–H groups in total. The Kier molecular flexibility index (Phi) is 5.58. The number of aryl methyl sites for hydroxylation is 1. The highest BCUT2D eigenvalue weighted by Crippen LogP contribution is 2.17. The Balaban J connectivity index is 1.84. The molecule has 1 heterocycles. The smallest absolute Gasteiger partial charge is 0.279 e. The molecular formula is C15H21IN3O2+. The zero-order valence-corrected chi connectivity index (χ0v) is 14.6. The minimum Gasteiger partial charge on any atom is -0.332 e. The van der Waals surface area contributed by atoms with Crippen LogP contribution in [0.5, 0.6) is 0 Å². The molecule has 1 saturated heterocycles. The minimum atomic E-state index is 0.0329. The lowest BCUT2D eigenvalue weighted by atomic mass is 10.2. The molecule has 114 valence electrons. The number of carbonyl (C=O) groups is 2. The van der Waals surface area contributed by atoms with Gasteiger partial charge in [0.15, 0.2) is 6.54 Å². The third-order valence-corrected chi connectivity index (χ3v) is 4.46. The molecule has 1 aromatic rings. The maximum atomic E-state index is 12.1. The zero-order chi connectivity index (χ0) is 15.4. The summed E-state index contributed by atoms with van der Waals surface area (Å²) >= 11 is 2.26. The van der Waals surface area contributed by atoms with E-state index in [1.165, 1.54) is 4.90 Å². The molecule has 2 rings (SSSR count). The van der Waals surface area contributed by atoms with Crippen LogP contribution in [-0.2, 0) is 9.59 Å². The molecule has 21 heavy (non-hydrogen) atoms. The highest BCUT2D eigenvalue weighted by Gasteiger charge is 2.23. The summed E-state index contributed by atoms with van der Waals surface area (Å²) in [6.07, 6.45) is 0. The van der Waals surface area contributed by atoms with Crippen molar-refractivity contribution < 1.29 is 14.5 Å². The van der Waals surface area contributed by atoms with Gasteiger partial charge in [0.2, 0.25) is 5.91 Å². The Bertz CT molecular complexity index is 540. The standard InChI is InChI=1S/C15H20IN3O2/c1-11-9-13(16)3-4-14(11)17-15(21)10-18-5-7-19(8-6-18)12(2)20/h3-4,9H,5-8,10H2,1-2H3,(H,17,21)/p+1. The van der Waals surface area contributed by atoms with Crippen LogP contribution in [0.3, 0.4) is 0 Å². The molecule has 1 fully saturated rings. The topological polar surface area (TPSA) is 53.9 Å². The number of halogens is 1. The molecule has 1 aliphatic rings. The normalized spacial score (nSPS) is 15.9. The second kappa shape index (κ2) is 7.22. The average Bonchev–Trinajstić information content (AvgIpc) is 2.42. The molecule has 0 saturated carbocycles. The molecular weight excluding hydrogens is 381 g/mol. The van der Waals surface area contributed by atoms with Gasteiger partial charge in [0.25, 0.3) is 5.91 Å². The number of rotatable bonds is 3. The van der Waals surface area contributed by atoms with Gasteiger partial charge >= 0.3 is 0 Å². The van der Waals surface area contributed by atoms with Crippen molar-refractivity contribution in [2.75, 3.05) is 38.0 Å². The molecule has 2 amide bonds. The summed E-state index contributed by atoms with van der Waals surface area (Å²) in [4.78, 5) is 26.5. The molecule has 0 bridgehead atoms. The van der Waals surface area contributed by atoms with Crippen molar-refractivity contribution >= 4 is 40.1 Å². The predicted octanol–water partition coefficient (Wildman–Crippen LogP) is 0.285. The molecule has 0 aliphatic carbocycles. The number of anilines is 1. The third-order valence-electron chi connectivity index (χ3n) is 3.79. The summed E-state index contributed by atoms with van der Waals surface area (Å²) in [5.41, 5.74) is 1.95.